The third-order valence-corrected chi connectivity index (χ3v) is 11.9. The first-order valence-electron chi connectivity index (χ1n) is 5.87. The summed E-state index contributed by atoms with van der Waals surface area (Å²) in [5.74, 6) is 0. The number of methoxy groups -OCH3 is 2. The molecular weight excluding hydrogens is 268 g/mol. The molecule has 0 aromatic rings. The summed E-state index contributed by atoms with van der Waals surface area (Å²) in [6.45, 7) is 8.31. The van der Waals surface area contributed by atoms with Crippen LogP contribution in [0.4, 0.5) is 9.59 Å². The van der Waals surface area contributed by atoms with Crippen molar-refractivity contribution in [2.75, 3.05) is 26.6 Å². The molecule has 18 heavy (non-hydrogen) atoms. The van der Waals surface area contributed by atoms with Crippen molar-refractivity contribution in [1.82, 2.24) is 9.13 Å². The molecule has 1 aliphatic rings. The first kappa shape index (κ1) is 15.0. The van der Waals surface area contributed by atoms with E-state index in [0.717, 1.165) is 0 Å². The van der Waals surface area contributed by atoms with Gasteiger partial charge in [0.1, 0.15) is 0 Å². The van der Waals surface area contributed by atoms with Crippen LogP contribution in [0, 0.1) is 0 Å². The number of rotatable bonds is 0. The zero-order valence-electron chi connectivity index (χ0n) is 11.9. The monoisotopic (exact) mass is 290 g/mol. The Balaban J connectivity index is 3.05. The topological polar surface area (TPSA) is 59.1 Å². The van der Waals surface area contributed by atoms with Gasteiger partial charge in [-0.2, -0.15) is 0 Å². The molecule has 8 heteroatoms. The first-order valence-corrected chi connectivity index (χ1v) is 12.2. The van der Waals surface area contributed by atoms with Crippen molar-refractivity contribution in [2.24, 2.45) is 0 Å². The molecule has 6 nitrogen and oxygen atoms in total. The second-order valence-electron chi connectivity index (χ2n) is 5.76. The summed E-state index contributed by atoms with van der Waals surface area (Å²) >= 11 is 0. The average molecular weight is 290 g/mol. The van der Waals surface area contributed by atoms with Crippen LogP contribution in [0.5, 0.6) is 0 Å². The quantitative estimate of drug-likeness (QED) is 0.636. The van der Waals surface area contributed by atoms with E-state index in [2.05, 4.69) is 26.2 Å². The maximum Gasteiger partial charge on any atom is 0.409 e. The highest BCUT2D eigenvalue weighted by Gasteiger charge is 2.51. The molecule has 1 saturated heterocycles. The maximum atomic E-state index is 12.0. The second kappa shape index (κ2) is 4.92. The molecule has 1 rings (SSSR count). The molecule has 0 saturated carbocycles. The van der Waals surface area contributed by atoms with E-state index in [4.69, 9.17) is 9.47 Å². The fraction of sp³-hybridized carbons (Fsp3) is 0.800. The molecule has 1 aliphatic heterocycles. The summed E-state index contributed by atoms with van der Waals surface area (Å²) in [5.41, 5.74) is 0. The lowest BCUT2D eigenvalue weighted by molar-refractivity contribution is 0.129. The molecule has 2 amide bonds. The minimum atomic E-state index is -2.04. The molecular formula is C10H22N2O4Si2. The summed E-state index contributed by atoms with van der Waals surface area (Å²) < 4.78 is 11.7. The summed E-state index contributed by atoms with van der Waals surface area (Å²) in [5, 5.41) is 0. The Hall–Kier alpha value is -1.03. The van der Waals surface area contributed by atoms with Gasteiger partial charge in [0.15, 0.2) is 16.5 Å². The maximum absolute atomic E-state index is 12.0. The van der Waals surface area contributed by atoms with Gasteiger partial charge in [-0.25, -0.2) is 9.59 Å². The van der Waals surface area contributed by atoms with Gasteiger partial charge < -0.3 is 18.6 Å². The Bertz CT molecular complexity index is 342. The van der Waals surface area contributed by atoms with Crippen LogP contribution in [0.25, 0.3) is 0 Å². The molecule has 0 bridgehead atoms. The summed E-state index contributed by atoms with van der Waals surface area (Å²) in [6.07, 6.45) is 0.615. The molecule has 0 unspecified atom stereocenters. The van der Waals surface area contributed by atoms with Crippen molar-refractivity contribution >= 4 is 28.7 Å². The normalized spacial score (nSPS) is 21.4. The summed E-state index contributed by atoms with van der Waals surface area (Å²) in [6, 6.07) is 0. The lowest BCUT2D eigenvalue weighted by Crippen LogP contribution is -2.76. The Morgan fingerprint density at radius 2 is 1.28 bits per heavy atom. The lowest BCUT2D eigenvalue weighted by atomic mass is 10.9. The van der Waals surface area contributed by atoms with Gasteiger partial charge in [0.25, 0.3) is 0 Å². The predicted molar refractivity (Wildman–Crippen MR) is 73.2 cm³/mol. The van der Waals surface area contributed by atoms with Crippen molar-refractivity contribution in [1.29, 1.82) is 0 Å². The van der Waals surface area contributed by atoms with Gasteiger partial charge in [0, 0.05) is 12.3 Å². The van der Waals surface area contributed by atoms with Crippen LogP contribution in [0.3, 0.4) is 0 Å². The first-order chi connectivity index (χ1) is 8.15. The zero-order chi connectivity index (χ0) is 14.1. The van der Waals surface area contributed by atoms with Gasteiger partial charge in [0.2, 0.25) is 0 Å². The van der Waals surface area contributed by atoms with Gasteiger partial charge in [-0.15, -0.1) is 0 Å². The van der Waals surface area contributed by atoms with Crippen molar-refractivity contribution in [2.45, 2.75) is 26.2 Å². The minimum Gasteiger partial charge on any atom is -0.454 e. The fourth-order valence-corrected chi connectivity index (χ4v) is 13.8. The molecule has 104 valence electrons. The van der Waals surface area contributed by atoms with Crippen LogP contribution in [0.15, 0.2) is 0 Å². The second-order valence-corrected chi connectivity index (χ2v) is 15.0. The number of hydrogen-bond acceptors (Lipinski definition) is 4. The predicted octanol–water partition coefficient (Wildman–Crippen LogP) is 1.63. The SMILES string of the molecule is COC(=O)N1C[Si](C)(C)N(C(=O)OC)[Si](C)(C)C1. The third-order valence-electron chi connectivity index (χ3n) is 3.16. The smallest absolute Gasteiger partial charge is 0.409 e. The van der Waals surface area contributed by atoms with Gasteiger partial charge in [0.05, 0.1) is 14.2 Å². The van der Waals surface area contributed by atoms with Crippen LogP contribution >= 0.6 is 0 Å². The summed E-state index contributed by atoms with van der Waals surface area (Å²) in [7, 11) is -1.28. The van der Waals surface area contributed by atoms with Crippen molar-refractivity contribution in [3.8, 4) is 0 Å². The van der Waals surface area contributed by atoms with E-state index in [1.807, 2.05) is 4.23 Å². The Morgan fingerprint density at radius 1 is 0.889 bits per heavy atom. The zero-order valence-corrected chi connectivity index (χ0v) is 13.9. The molecule has 0 aromatic carbocycles. The number of ether oxygens (including phenoxy) is 2. The van der Waals surface area contributed by atoms with Gasteiger partial charge in [-0.05, 0) is 0 Å². The molecule has 0 atom stereocenters. The van der Waals surface area contributed by atoms with Crippen molar-refractivity contribution in [3.05, 3.63) is 0 Å². The number of carbonyl (C=O) groups is 2. The molecule has 1 fully saturated rings. The summed E-state index contributed by atoms with van der Waals surface area (Å²) in [4.78, 5) is 25.4. The number of amides is 2. The number of hydrogen-bond donors (Lipinski definition) is 0. The van der Waals surface area contributed by atoms with Crippen molar-refractivity contribution < 1.29 is 19.1 Å². The molecule has 0 aromatic heterocycles. The van der Waals surface area contributed by atoms with E-state index >= 15 is 0 Å². The molecule has 0 aliphatic carbocycles. The van der Waals surface area contributed by atoms with E-state index < -0.39 is 16.5 Å². The number of nitrogens with zero attached hydrogens (tertiary/aromatic N) is 2. The average Bonchev–Trinajstić information content (AvgIpc) is 2.24. The largest absolute Gasteiger partial charge is 0.454 e. The standard InChI is InChI=1S/C10H22N2O4Si2/c1-15-9(13)11-7-17(3,4)12(10(14)16-2)18(5,6)8-11/h7-8H2,1-6H3. The molecule has 0 radical (unpaired) electrons. The van der Waals surface area contributed by atoms with Gasteiger partial charge in [-0.1, -0.05) is 26.2 Å². The van der Waals surface area contributed by atoms with E-state index in [0.29, 0.717) is 12.3 Å². The van der Waals surface area contributed by atoms with E-state index in [1.165, 1.54) is 14.2 Å². The molecule has 0 spiro atoms. The van der Waals surface area contributed by atoms with Crippen LogP contribution in [0.2, 0.25) is 26.2 Å². The van der Waals surface area contributed by atoms with E-state index in [9.17, 15) is 9.59 Å². The lowest BCUT2D eigenvalue weighted by Gasteiger charge is -2.52. The van der Waals surface area contributed by atoms with Crippen molar-refractivity contribution in [3.63, 3.8) is 0 Å². The fourth-order valence-electron chi connectivity index (χ4n) is 2.79. The van der Waals surface area contributed by atoms with Crippen LogP contribution < -0.4 is 0 Å². The Labute approximate surface area is 110 Å². The molecule has 1 heterocycles. The highest BCUT2D eigenvalue weighted by atomic mass is 28.4. The van der Waals surface area contributed by atoms with E-state index in [1.54, 1.807) is 4.90 Å². The van der Waals surface area contributed by atoms with Gasteiger partial charge >= 0.3 is 12.2 Å². The van der Waals surface area contributed by atoms with E-state index in [-0.39, 0.29) is 12.2 Å². The Kier molecular flexibility index (Phi) is 4.11. The molecule has 0 N–H and O–H groups in total. The van der Waals surface area contributed by atoms with Crippen LogP contribution in [0.1, 0.15) is 0 Å². The van der Waals surface area contributed by atoms with Crippen LogP contribution in [-0.4, -0.2) is 64.3 Å². The highest BCUT2D eigenvalue weighted by molar-refractivity contribution is 6.94. The highest BCUT2D eigenvalue weighted by Crippen LogP contribution is 2.28. The number of carbonyl (C=O) groups excluding carboxylic acids is 2. The minimum absolute atomic E-state index is 0.257. The third kappa shape index (κ3) is 2.69. The van der Waals surface area contributed by atoms with Crippen LogP contribution in [-0.2, 0) is 9.47 Å². The Morgan fingerprint density at radius 3 is 1.61 bits per heavy atom. The van der Waals surface area contributed by atoms with Gasteiger partial charge in [-0.3, -0.25) is 0 Å².